The second kappa shape index (κ2) is 34.5. The highest BCUT2D eigenvalue weighted by Gasteiger charge is 2.01. The molecule has 1 amide bonds. The van der Waals surface area contributed by atoms with Crippen molar-refractivity contribution in [3.63, 3.8) is 0 Å². The van der Waals surface area contributed by atoms with Crippen molar-refractivity contribution >= 4 is 18.5 Å². The number of thiol groups is 1. The Morgan fingerprint density at radius 3 is 1.24 bits per heavy atom. The van der Waals surface area contributed by atoms with Crippen LogP contribution in [0.1, 0.15) is 57.8 Å². The fourth-order valence-corrected chi connectivity index (χ4v) is 3.52. The van der Waals surface area contributed by atoms with Crippen LogP contribution in [-0.2, 0) is 38.0 Å². The van der Waals surface area contributed by atoms with Gasteiger partial charge < -0.3 is 43.6 Å². The van der Waals surface area contributed by atoms with Crippen LogP contribution in [0.5, 0.6) is 0 Å². The first-order valence-corrected chi connectivity index (χ1v) is 15.0. The lowest BCUT2D eigenvalue weighted by Gasteiger charge is -2.09. The van der Waals surface area contributed by atoms with Crippen molar-refractivity contribution in [3.05, 3.63) is 0 Å². The molecule has 2 N–H and O–H groups in total. The molecule has 10 nitrogen and oxygen atoms in total. The molecule has 0 aliphatic carbocycles. The molecule has 0 aliphatic heterocycles. The minimum absolute atomic E-state index is 0.0276. The Morgan fingerprint density at radius 2 is 0.842 bits per heavy atom. The zero-order valence-electron chi connectivity index (χ0n) is 23.5. The highest BCUT2D eigenvalue weighted by Crippen LogP contribution is 2.09. The quantitative estimate of drug-likeness (QED) is 0.0811. The smallest absolute Gasteiger partial charge is 0.220 e. The first kappa shape index (κ1) is 37.5. The zero-order chi connectivity index (χ0) is 27.6. The first-order valence-electron chi connectivity index (χ1n) is 14.3. The van der Waals surface area contributed by atoms with Gasteiger partial charge in [-0.1, -0.05) is 38.5 Å². The normalized spacial score (nSPS) is 11.3. The van der Waals surface area contributed by atoms with Crippen molar-refractivity contribution < 1.29 is 43.1 Å². The summed E-state index contributed by atoms with van der Waals surface area (Å²) in [4.78, 5) is 11.8. The molecule has 0 radical (unpaired) electrons. The summed E-state index contributed by atoms with van der Waals surface area (Å²) in [6, 6.07) is 0. The number of hydrogen-bond donors (Lipinski definition) is 3. The van der Waals surface area contributed by atoms with Gasteiger partial charge in [0.15, 0.2) is 0 Å². The molecule has 0 unspecified atom stereocenters. The lowest BCUT2D eigenvalue weighted by atomic mass is 10.1. The van der Waals surface area contributed by atoms with Gasteiger partial charge in [-0.05, 0) is 18.6 Å². The summed E-state index contributed by atoms with van der Waals surface area (Å²) in [5.74, 6) is 1.10. The molecule has 0 spiro atoms. The molecule has 11 heteroatoms. The van der Waals surface area contributed by atoms with E-state index in [2.05, 4.69) is 17.9 Å². The van der Waals surface area contributed by atoms with E-state index in [0.717, 1.165) is 18.6 Å². The summed E-state index contributed by atoms with van der Waals surface area (Å²) in [5.41, 5.74) is 0. The maximum absolute atomic E-state index is 11.8. The van der Waals surface area contributed by atoms with Crippen molar-refractivity contribution in [2.24, 2.45) is 0 Å². The zero-order valence-corrected chi connectivity index (χ0v) is 24.4. The lowest BCUT2D eigenvalue weighted by molar-refractivity contribution is -0.121. The molecule has 0 bridgehead atoms. The lowest BCUT2D eigenvalue weighted by Crippen LogP contribution is -2.27. The number of nitrogens with one attached hydrogen (secondary N) is 1. The van der Waals surface area contributed by atoms with Crippen molar-refractivity contribution in [2.75, 3.05) is 111 Å². The molecule has 38 heavy (non-hydrogen) atoms. The van der Waals surface area contributed by atoms with E-state index in [1.165, 1.54) is 38.5 Å². The molecule has 0 heterocycles. The maximum atomic E-state index is 11.8. The highest BCUT2D eigenvalue weighted by atomic mass is 32.1. The molecule has 0 atom stereocenters. The summed E-state index contributed by atoms with van der Waals surface area (Å²) < 4.78 is 37.6. The standard InChI is InChI=1S/C27H55NO9S/c29-11-13-32-15-17-34-19-21-36-23-25-37-24-22-35-20-18-33-16-14-31-12-10-28-27(30)9-7-5-3-1-2-4-6-8-26-38/h29,38H,1-26H2,(H,28,30). The number of carbonyl (C=O) groups is 1. The van der Waals surface area contributed by atoms with E-state index in [1.807, 2.05) is 0 Å². The number of amides is 1. The van der Waals surface area contributed by atoms with Gasteiger partial charge in [-0.25, -0.2) is 0 Å². The van der Waals surface area contributed by atoms with Gasteiger partial charge in [-0.2, -0.15) is 12.6 Å². The van der Waals surface area contributed by atoms with Gasteiger partial charge in [0.05, 0.1) is 99.1 Å². The van der Waals surface area contributed by atoms with Crippen molar-refractivity contribution in [1.82, 2.24) is 5.32 Å². The van der Waals surface area contributed by atoms with Gasteiger partial charge in [0, 0.05) is 13.0 Å². The Bertz CT molecular complexity index is 464. The minimum Gasteiger partial charge on any atom is -0.394 e. The van der Waals surface area contributed by atoms with Gasteiger partial charge in [0.1, 0.15) is 0 Å². The molecular formula is C27H55NO9S. The third-order valence-corrected chi connectivity index (χ3v) is 5.66. The number of aliphatic hydroxyl groups excluding tert-OH is 1. The van der Waals surface area contributed by atoms with Gasteiger partial charge in [0.2, 0.25) is 5.91 Å². The number of unbranched alkanes of at least 4 members (excludes halogenated alkanes) is 7. The van der Waals surface area contributed by atoms with Crippen LogP contribution < -0.4 is 5.32 Å². The van der Waals surface area contributed by atoms with E-state index < -0.39 is 0 Å². The Kier molecular flexibility index (Phi) is 34.1. The van der Waals surface area contributed by atoms with Crippen molar-refractivity contribution in [2.45, 2.75) is 57.8 Å². The minimum atomic E-state index is 0.0276. The molecular weight excluding hydrogens is 514 g/mol. The maximum Gasteiger partial charge on any atom is 0.220 e. The van der Waals surface area contributed by atoms with Crippen LogP contribution in [0.3, 0.4) is 0 Å². The average molecular weight is 570 g/mol. The van der Waals surface area contributed by atoms with Crippen LogP contribution in [0, 0.1) is 0 Å². The highest BCUT2D eigenvalue weighted by molar-refractivity contribution is 7.80. The summed E-state index contributed by atoms with van der Waals surface area (Å²) >= 11 is 4.23. The molecule has 0 aromatic rings. The van der Waals surface area contributed by atoms with Crippen LogP contribution in [0.4, 0.5) is 0 Å². The van der Waals surface area contributed by atoms with E-state index in [9.17, 15) is 4.79 Å². The largest absolute Gasteiger partial charge is 0.394 e. The van der Waals surface area contributed by atoms with Gasteiger partial charge >= 0.3 is 0 Å². The SMILES string of the molecule is O=C(CCCCCCCCCCS)NCCOCCOCCOCCOCCOCCOCCOCCO. The van der Waals surface area contributed by atoms with E-state index in [4.69, 9.17) is 38.3 Å². The number of ether oxygens (including phenoxy) is 7. The predicted molar refractivity (Wildman–Crippen MR) is 151 cm³/mol. The van der Waals surface area contributed by atoms with Gasteiger partial charge in [0.25, 0.3) is 0 Å². The topological polar surface area (TPSA) is 114 Å². The number of rotatable bonds is 33. The molecule has 228 valence electrons. The number of aliphatic hydroxyl groups is 1. The summed E-state index contributed by atoms with van der Waals surface area (Å²) in [6.45, 7) is 7.41. The molecule has 0 saturated carbocycles. The second-order valence-corrected chi connectivity index (χ2v) is 9.11. The third-order valence-electron chi connectivity index (χ3n) is 5.35. The first-order chi connectivity index (χ1) is 18.8. The fourth-order valence-electron chi connectivity index (χ4n) is 3.30. The molecule has 0 rings (SSSR count). The van der Waals surface area contributed by atoms with E-state index in [0.29, 0.717) is 105 Å². The Balaban J connectivity index is 3.11. The van der Waals surface area contributed by atoms with E-state index >= 15 is 0 Å². The van der Waals surface area contributed by atoms with E-state index in [-0.39, 0.29) is 12.5 Å². The fraction of sp³-hybridized carbons (Fsp3) is 0.963. The van der Waals surface area contributed by atoms with Crippen LogP contribution in [-0.4, -0.2) is 122 Å². The molecule has 0 aliphatic rings. The molecule has 0 saturated heterocycles. The van der Waals surface area contributed by atoms with Crippen LogP contribution in [0.2, 0.25) is 0 Å². The summed E-state index contributed by atoms with van der Waals surface area (Å²) in [7, 11) is 0. The summed E-state index contributed by atoms with van der Waals surface area (Å²) in [6.07, 6.45) is 10.3. The average Bonchev–Trinajstić information content (AvgIpc) is 2.92. The summed E-state index contributed by atoms with van der Waals surface area (Å²) in [5, 5.41) is 11.5. The molecule has 0 aromatic heterocycles. The Labute approximate surface area is 236 Å². The van der Waals surface area contributed by atoms with Crippen LogP contribution >= 0.6 is 12.6 Å². The Hall–Kier alpha value is -0.500. The number of carbonyl (C=O) groups excluding carboxylic acids is 1. The second-order valence-electron chi connectivity index (χ2n) is 8.66. The third kappa shape index (κ3) is 33.5. The van der Waals surface area contributed by atoms with Crippen LogP contribution in [0.25, 0.3) is 0 Å². The van der Waals surface area contributed by atoms with E-state index in [1.54, 1.807) is 0 Å². The van der Waals surface area contributed by atoms with Crippen LogP contribution in [0.15, 0.2) is 0 Å². The van der Waals surface area contributed by atoms with Crippen molar-refractivity contribution in [1.29, 1.82) is 0 Å². The predicted octanol–water partition coefficient (Wildman–Crippen LogP) is 2.65. The monoisotopic (exact) mass is 569 g/mol. The molecule has 0 aromatic carbocycles. The number of hydrogen-bond acceptors (Lipinski definition) is 10. The van der Waals surface area contributed by atoms with Gasteiger partial charge in [-0.15, -0.1) is 0 Å². The van der Waals surface area contributed by atoms with Gasteiger partial charge in [-0.3, -0.25) is 4.79 Å². The molecule has 0 fully saturated rings. The van der Waals surface area contributed by atoms with Crippen molar-refractivity contribution in [3.8, 4) is 0 Å². The Morgan fingerprint density at radius 1 is 0.500 bits per heavy atom.